The first kappa shape index (κ1) is 13.8. The lowest BCUT2D eigenvalue weighted by Crippen LogP contribution is -2.38. The van der Waals surface area contributed by atoms with Crippen LogP contribution < -0.4 is 5.32 Å². The number of hydrogen-bond acceptors (Lipinski definition) is 4. The molecule has 1 aliphatic rings. The van der Waals surface area contributed by atoms with E-state index < -0.39 is 0 Å². The molecule has 21 heavy (non-hydrogen) atoms. The third-order valence-corrected chi connectivity index (χ3v) is 4.18. The number of nitrogens with zero attached hydrogens (tertiary/aromatic N) is 3. The Morgan fingerprint density at radius 2 is 2.38 bits per heavy atom. The molecule has 2 aromatic heterocycles. The Bertz CT molecular complexity index is 665. The zero-order chi connectivity index (χ0) is 14.7. The third-order valence-electron chi connectivity index (χ3n) is 3.30. The number of aromatic nitrogens is 2. The number of carbonyl (C=O) groups excluding carboxylic acids is 1. The molecule has 0 unspecified atom stereocenters. The van der Waals surface area contributed by atoms with Crippen LogP contribution in [-0.4, -0.2) is 34.0 Å². The predicted molar refractivity (Wildman–Crippen MR) is 84.3 cm³/mol. The fourth-order valence-corrected chi connectivity index (χ4v) is 2.94. The fraction of sp³-hybridized carbons (Fsp3) is 0.267. The molecule has 1 N–H and O–H groups in total. The number of pyridine rings is 1. The van der Waals surface area contributed by atoms with Crippen molar-refractivity contribution in [2.75, 3.05) is 18.4 Å². The molecule has 0 bridgehead atoms. The van der Waals surface area contributed by atoms with E-state index in [4.69, 9.17) is 0 Å². The van der Waals surface area contributed by atoms with E-state index in [-0.39, 0.29) is 6.03 Å². The topological polar surface area (TPSA) is 58.1 Å². The molecule has 0 saturated heterocycles. The minimum Gasteiger partial charge on any atom is -0.320 e. The van der Waals surface area contributed by atoms with Gasteiger partial charge < -0.3 is 4.90 Å². The summed E-state index contributed by atoms with van der Waals surface area (Å²) in [6.45, 7) is 3.23. The first-order valence-electron chi connectivity index (χ1n) is 6.80. The van der Waals surface area contributed by atoms with Crippen LogP contribution in [0.4, 0.5) is 9.93 Å². The van der Waals surface area contributed by atoms with Gasteiger partial charge in [-0.05, 0) is 30.5 Å². The maximum Gasteiger partial charge on any atom is 0.323 e. The molecule has 3 rings (SSSR count). The van der Waals surface area contributed by atoms with Gasteiger partial charge in [-0.15, -0.1) is 11.3 Å². The lowest BCUT2D eigenvalue weighted by atomic mass is 10.0. The number of nitrogens with one attached hydrogen (secondary N) is 1. The van der Waals surface area contributed by atoms with Gasteiger partial charge in [-0.2, -0.15) is 0 Å². The van der Waals surface area contributed by atoms with Crippen molar-refractivity contribution >= 4 is 28.1 Å². The van der Waals surface area contributed by atoms with Crippen molar-refractivity contribution in [3.63, 3.8) is 0 Å². The molecule has 2 aromatic rings. The normalized spacial score (nSPS) is 14.7. The second-order valence-electron chi connectivity index (χ2n) is 4.91. The van der Waals surface area contributed by atoms with E-state index in [2.05, 4.69) is 21.4 Å². The molecule has 5 nitrogen and oxygen atoms in total. The Morgan fingerprint density at radius 1 is 1.48 bits per heavy atom. The van der Waals surface area contributed by atoms with Crippen LogP contribution in [0.1, 0.15) is 17.7 Å². The summed E-state index contributed by atoms with van der Waals surface area (Å²) in [6.07, 6.45) is 6.61. The number of carbonyl (C=O) groups is 1. The van der Waals surface area contributed by atoms with Gasteiger partial charge in [-0.3, -0.25) is 10.3 Å². The molecular formula is C15H16N4OS. The van der Waals surface area contributed by atoms with Gasteiger partial charge in [-0.1, -0.05) is 12.1 Å². The van der Waals surface area contributed by atoms with Gasteiger partial charge in [0.1, 0.15) is 0 Å². The summed E-state index contributed by atoms with van der Waals surface area (Å²) in [5.41, 5.74) is 3.13. The maximum atomic E-state index is 12.3. The zero-order valence-electron chi connectivity index (χ0n) is 11.7. The Labute approximate surface area is 127 Å². The van der Waals surface area contributed by atoms with Crippen LogP contribution in [0.5, 0.6) is 0 Å². The van der Waals surface area contributed by atoms with E-state index in [1.54, 1.807) is 11.1 Å². The van der Waals surface area contributed by atoms with Gasteiger partial charge in [0.2, 0.25) is 0 Å². The molecular weight excluding hydrogens is 284 g/mol. The van der Waals surface area contributed by atoms with Crippen molar-refractivity contribution in [2.24, 2.45) is 0 Å². The van der Waals surface area contributed by atoms with Crippen molar-refractivity contribution in [2.45, 2.75) is 13.3 Å². The number of amides is 2. The molecule has 0 fully saturated rings. The van der Waals surface area contributed by atoms with Gasteiger partial charge in [-0.25, -0.2) is 9.78 Å². The number of hydrogen-bond donors (Lipinski definition) is 1. The highest BCUT2D eigenvalue weighted by molar-refractivity contribution is 7.13. The predicted octanol–water partition coefficient (Wildman–Crippen LogP) is 3.17. The molecule has 0 atom stereocenters. The van der Waals surface area contributed by atoms with Crippen LogP contribution in [0.25, 0.3) is 5.57 Å². The van der Waals surface area contributed by atoms with Crippen molar-refractivity contribution in [3.05, 3.63) is 47.2 Å². The van der Waals surface area contributed by atoms with Crippen molar-refractivity contribution in [1.82, 2.24) is 14.9 Å². The standard InChI is InChI=1S/C15H16N4OS/c1-11-10-21-14(17-11)18-15(20)19-7-3-5-13(9-19)12-4-2-6-16-8-12/h2,4-6,8,10H,3,7,9H2,1H3,(H,17,18,20). The van der Waals surface area contributed by atoms with Crippen LogP contribution in [0.15, 0.2) is 36.0 Å². The average molecular weight is 300 g/mol. The van der Waals surface area contributed by atoms with Crippen LogP contribution in [0.3, 0.4) is 0 Å². The van der Waals surface area contributed by atoms with Crippen LogP contribution in [-0.2, 0) is 0 Å². The molecule has 6 heteroatoms. The number of anilines is 1. The van der Waals surface area contributed by atoms with Crippen LogP contribution in [0.2, 0.25) is 0 Å². The first-order chi connectivity index (χ1) is 10.2. The number of urea groups is 1. The van der Waals surface area contributed by atoms with Crippen molar-refractivity contribution < 1.29 is 4.79 Å². The van der Waals surface area contributed by atoms with E-state index in [1.165, 1.54) is 11.3 Å². The molecule has 0 aromatic carbocycles. The largest absolute Gasteiger partial charge is 0.323 e. The summed E-state index contributed by atoms with van der Waals surface area (Å²) >= 11 is 1.44. The summed E-state index contributed by atoms with van der Waals surface area (Å²) in [4.78, 5) is 22.5. The van der Waals surface area contributed by atoms with Crippen molar-refractivity contribution in [1.29, 1.82) is 0 Å². The monoisotopic (exact) mass is 300 g/mol. The fourth-order valence-electron chi connectivity index (χ4n) is 2.26. The smallest absolute Gasteiger partial charge is 0.320 e. The van der Waals surface area contributed by atoms with Crippen LogP contribution in [0, 0.1) is 6.92 Å². The Hall–Kier alpha value is -2.21. The number of aryl methyl sites for hydroxylation is 1. The SMILES string of the molecule is Cc1csc(NC(=O)N2CCC=C(c3cccnc3)C2)n1. The van der Waals surface area contributed by atoms with Gasteiger partial charge in [0.15, 0.2) is 5.13 Å². The second kappa shape index (κ2) is 6.05. The molecule has 0 saturated carbocycles. The molecule has 1 aliphatic heterocycles. The third kappa shape index (κ3) is 3.28. The molecule has 108 valence electrons. The first-order valence-corrected chi connectivity index (χ1v) is 7.68. The number of rotatable bonds is 2. The van der Waals surface area contributed by atoms with E-state index in [0.717, 1.165) is 29.8 Å². The summed E-state index contributed by atoms with van der Waals surface area (Å²) in [6, 6.07) is 3.83. The quantitative estimate of drug-likeness (QED) is 0.926. The van der Waals surface area contributed by atoms with Gasteiger partial charge in [0.25, 0.3) is 0 Å². The molecule has 0 radical (unpaired) electrons. The second-order valence-corrected chi connectivity index (χ2v) is 5.76. The molecule has 3 heterocycles. The van der Waals surface area contributed by atoms with Crippen molar-refractivity contribution in [3.8, 4) is 0 Å². The summed E-state index contributed by atoms with van der Waals surface area (Å²) in [7, 11) is 0. The van der Waals surface area contributed by atoms with E-state index in [9.17, 15) is 4.79 Å². The molecule has 0 aliphatic carbocycles. The Morgan fingerprint density at radius 3 is 3.10 bits per heavy atom. The minimum atomic E-state index is -0.0983. The Balaban J connectivity index is 1.67. The van der Waals surface area contributed by atoms with Gasteiger partial charge in [0, 0.05) is 30.9 Å². The van der Waals surface area contributed by atoms with E-state index in [1.807, 2.05) is 30.6 Å². The lowest BCUT2D eigenvalue weighted by Gasteiger charge is -2.27. The highest BCUT2D eigenvalue weighted by atomic mass is 32.1. The number of thiazole rings is 1. The maximum absolute atomic E-state index is 12.3. The van der Waals surface area contributed by atoms with E-state index in [0.29, 0.717) is 11.7 Å². The summed E-state index contributed by atoms with van der Waals surface area (Å²) in [5, 5.41) is 5.43. The Kier molecular flexibility index (Phi) is 3.96. The van der Waals surface area contributed by atoms with Gasteiger partial charge >= 0.3 is 6.03 Å². The van der Waals surface area contributed by atoms with E-state index >= 15 is 0 Å². The molecule has 2 amide bonds. The van der Waals surface area contributed by atoms with Crippen LogP contribution >= 0.6 is 11.3 Å². The lowest BCUT2D eigenvalue weighted by molar-refractivity contribution is 0.217. The summed E-state index contributed by atoms with van der Waals surface area (Å²) in [5.74, 6) is 0. The minimum absolute atomic E-state index is 0.0983. The van der Waals surface area contributed by atoms with Gasteiger partial charge in [0.05, 0.1) is 5.69 Å². The highest BCUT2D eigenvalue weighted by Gasteiger charge is 2.19. The molecule has 0 spiro atoms. The average Bonchev–Trinajstić information content (AvgIpc) is 2.93. The highest BCUT2D eigenvalue weighted by Crippen LogP contribution is 2.21. The zero-order valence-corrected chi connectivity index (χ0v) is 12.6. The summed E-state index contributed by atoms with van der Waals surface area (Å²) < 4.78 is 0.